The molecule has 1 aromatic carbocycles. The number of benzene rings is 1. The minimum absolute atomic E-state index is 0.0179. The van der Waals surface area contributed by atoms with Crippen molar-refractivity contribution in [2.45, 2.75) is 50.7 Å². The van der Waals surface area contributed by atoms with Gasteiger partial charge >= 0.3 is 0 Å². The van der Waals surface area contributed by atoms with Crippen LogP contribution in [0.5, 0.6) is 5.75 Å². The van der Waals surface area contributed by atoms with Gasteiger partial charge in [0, 0.05) is 29.1 Å². The summed E-state index contributed by atoms with van der Waals surface area (Å²) in [6.45, 7) is 0.816. The fourth-order valence-electron chi connectivity index (χ4n) is 3.86. The van der Waals surface area contributed by atoms with Crippen molar-refractivity contribution in [1.82, 2.24) is 4.90 Å². The van der Waals surface area contributed by atoms with Crippen molar-refractivity contribution < 1.29 is 14.6 Å². The summed E-state index contributed by atoms with van der Waals surface area (Å²) in [5.41, 5.74) is 0.927. The number of aliphatic hydroxyl groups excluding tert-OH is 1. The molecule has 1 aliphatic carbocycles. The van der Waals surface area contributed by atoms with Crippen LogP contribution in [0.25, 0.3) is 0 Å². The number of methoxy groups -OCH3 is 1. The molecule has 4 nitrogen and oxygen atoms in total. The Morgan fingerprint density at radius 3 is 2.70 bits per heavy atom. The van der Waals surface area contributed by atoms with Crippen LogP contribution in [-0.2, 0) is 11.2 Å². The summed E-state index contributed by atoms with van der Waals surface area (Å²) < 4.78 is 5.39. The summed E-state index contributed by atoms with van der Waals surface area (Å²) in [6, 6.07) is 5.89. The fraction of sp³-hybridized carbons (Fsp3) is 0.611. The van der Waals surface area contributed by atoms with Gasteiger partial charge in [-0.15, -0.1) is 0 Å². The molecule has 3 rings (SSSR count). The number of hydrogen-bond acceptors (Lipinski definition) is 3. The molecule has 2 fully saturated rings. The topological polar surface area (TPSA) is 49.8 Å². The van der Waals surface area contributed by atoms with Crippen molar-refractivity contribution in [2.75, 3.05) is 13.7 Å². The molecule has 1 amide bonds. The summed E-state index contributed by atoms with van der Waals surface area (Å²) in [7, 11) is 1.63. The minimum Gasteiger partial charge on any atom is -0.496 e. The van der Waals surface area contributed by atoms with E-state index in [1.165, 1.54) is 0 Å². The van der Waals surface area contributed by atoms with E-state index in [1.807, 2.05) is 23.1 Å². The van der Waals surface area contributed by atoms with Gasteiger partial charge in [-0.1, -0.05) is 17.7 Å². The van der Waals surface area contributed by atoms with Crippen LogP contribution in [-0.4, -0.2) is 41.7 Å². The van der Waals surface area contributed by atoms with Crippen LogP contribution in [0.1, 0.15) is 37.7 Å². The van der Waals surface area contributed by atoms with Gasteiger partial charge in [0.25, 0.3) is 0 Å². The number of amides is 1. The van der Waals surface area contributed by atoms with Gasteiger partial charge in [-0.3, -0.25) is 4.79 Å². The molecular formula is C18H24ClNO3. The molecule has 5 heteroatoms. The molecule has 0 spiro atoms. The molecule has 0 radical (unpaired) electrons. The van der Waals surface area contributed by atoms with Crippen LogP contribution in [0, 0.1) is 5.92 Å². The van der Waals surface area contributed by atoms with Crippen LogP contribution >= 0.6 is 11.6 Å². The minimum atomic E-state index is -0.188. The second kappa shape index (κ2) is 7.10. The maximum Gasteiger partial charge on any atom is 0.226 e. The summed E-state index contributed by atoms with van der Waals surface area (Å²) in [5, 5.41) is 10.3. The normalized spacial score (nSPS) is 28.2. The molecule has 126 valence electrons. The van der Waals surface area contributed by atoms with Crippen molar-refractivity contribution in [3.8, 4) is 5.75 Å². The summed E-state index contributed by atoms with van der Waals surface area (Å²) in [6.07, 6.45) is 4.74. The lowest BCUT2D eigenvalue weighted by Gasteiger charge is -2.33. The van der Waals surface area contributed by atoms with Crippen LogP contribution in [0.2, 0.25) is 5.02 Å². The fourth-order valence-corrected chi connectivity index (χ4v) is 4.10. The smallest absolute Gasteiger partial charge is 0.226 e. The van der Waals surface area contributed by atoms with E-state index in [-0.39, 0.29) is 17.9 Å². The average molecular weight is 338 g/mol. The van der Waals surface area contributed by atoms with E-state index in [4.69, 9.17) is 16.3 Å². The van der Waals surface area contributed by atoms with Crippen molar-refractivity contribution in [2.24, 2.45) is 5.92 Å². The van der Waals surface area contributed by atoms with Crippen LogP contribution < -0.4 is 4.74 Å². The van der Waals surface area contributed by atoms with E-state index in [9.17, 15) is 9.90 Å². The Labute approximate surface area is 142 Å². The van der Waals surface area contributed by atoms with Gasteiger partial charge in [-0.2, -0.15) is 0 Å². The number of hydrogen-bond donors (Lipinski definition) is 1. The number of nitrogens with zero attached hydrogens (tertiary/aromatic N) is 1. The molecule has 1 aliphatic heterocycles. The lowest BCUT2D eigenvalue weighted by molar-refractivity contribution is -0.133. The van der Waals surface area contributed by atoms with Gasteiger partial charge in [0.15, 0.2) is 0 Å². The highest BCUT2D eigenvalue weighted by Crippen LogP contribution is 2.34. The van der Waals surface area contributed by atoms with E-state index in [2.05, 4.69) is 0 Å². The number of halogens is 1. The number of rotatable bonds is 4. The van der Waals surface area contributed by atoms with Gasteiger partial charge in [0.05, 0.1) is 13.2 Å². The number of carbonyl (C=O) groups is 1. The lowest BCUT2D eigenvalue weighted by Crippen LogP contribution is -2.41. The molecule has 0 bridgehead atoms. The van der Waals surface area contributed by atoms with Gasteiger partial charge in [-0.25, -0.2) is 0 Å². The quantitative estimate of drug-likeness (QED) is 0.918. The second-order valence-electron chi connectivity index (χ2n) is 6.60. The van der Waals surface area contributed by atoms with Crippen LogP contribution in [0.4, 0.5) is 0 Å². The third-order valence-electron chi connectivity index (χ3n) is 5.20. The van der Waals surface area contributed by atoms with Crippen molar-refractivity contribution >= 4 is 17.5 Å². The lowest BCUT2D eigenvalue weighted by atomic mass is 9.92. The van der Waals surface area contributed by atoms with Gasteiger partial charge in [0.2, 0.25) is 5.91 Å². The highest BCUT2D eigenvalue weighted by Gasteiger charge is 2.37. The largest absolute Gasteiger partial charge is 0.496 e. The zero-order chi connectivity index (χ0) is 16.4. The SMILES string of the molecule is COc1cccc(Cl)c1CC1CCN(C2CCC(O)CC2)C1=O. The molecule has 1 saturated carbocycles. The number of ether oxygens (including phenoxy) is 1. The molecule has 1 atom stereocenters. The Kier molecular flexibility index (Phi) is 5.12. The first-order valence-electron chi connectivity index (χ1n) is 8.40. The predicted octanol–water partition coefficient (Wildman–Crippen LogP) is 3.04. The molecule has 1 unspecified atom stereocenters. The zero-order valence-electron chi connectivity index (χ0n) is 13.5. The molecule has 23 heavy (non-hydrogen) atoms. The number of likely N-dealkylation sites (tertiary alicyclic amines) is 1. The Morgan fingerprint density at radius 2 is 2.00 bits per heavy atom. The first-order valence-corrected chi connectivity index (χ1v) is 8.78. The molecule has 1 N–H and O–H groups in total. The first kappa shape index (κ1) is 16.6. The van der Waals surface area contributed by atoms with Crippen molar-refractivity contribution in [3.05, 3.63) is 28.8 Å². The highest BCUT2D eigenvalue weighted by molar-refractivity contribution is 6.31. The molecule has 1 saturated heterocycles. The van der Waals surface area contributed by atoms with E-state index >= 15 is 0 Å². The third-order valence-corrected chi connectivity index (χ3v) is 5.56. The predicted molar refractivity (Wildman–Crippen MR) is 89.8 cm³/mol. The number of carbonyl (C=O) groups excluding carboxylic acids is 1. The van der Waals surface area contributed by atoms with Crippen LogP contribution in [0.15, 0.2) is 18.2 Å². The van der Waals surface area contributed by atoms with E-state index in [0.717, 1.165) is 50.0 Å². The Hall–Kier alpha value is -1.26. The van der Waals surface area contributed by atoms with Crippen molar-refractivity contribution in [3.63, 3.8) is 0 Å². The van der Waals surface area contributed by atoms with E-state index in [1.54, 1.807) is 7.11 Å². The summed E-state index contributed by atoms with van der Waals surface area (Å²) >= 11 is 6.30. The Bertz CT molecular complexity index is 569. The number of aliphatic hydroxyl groups is 1. The monoisotopic (exact) mass is 337 g/mol. The molecule has 0 aromatic heterocycles. The zero-order valence-corrected chi connectivity index (χ0v) is 14.3. The Balaban J connectivity index is 1.68. The van der Waals surface area contributed by atoms with Gasteiger partial charge < -0.3 is 14.7 Å². The molecular weight excluding hydrogens is 314 g/mol. The molecule has 1 heterocycles. The third kappa shape index (κ3) is 3.48. The maximum absolute atomic E-state index is 12.8. The van der Waals surface area contributed by atoms with E-state index in [0.29, 0.717) is 17.5 Å². The standard InChI is InChI=1S/C18H24ClNO3/c1-23-17-4-2-3-16(19)15(17)11-12-9-10-20(18(12)22)13-5-7-14(21)8-6-13/h2-4,12-14,21H,5-11H2,1H3. The van der Waals surface area contributed by atoms with Crippen molar-refractivity contribution in [1.29, 1.82) is 0 Å². The first-order chi connectivity index (χ1) is 11.1. The van der Waals surface area contributed by atoms with Gasteiger partial charge in [0.1, 0.15) is 5.75 Å². The highest BCUT2D eigenvalue weighted by atomic mass is 35.5. The van der Waals surface area contributed by atoms with Gasteiger partial charge in [-0.05, 0) is 50.7 Å². The summed E-state index contributed by atoms with van der Waals surface area (Å²) in [4.78, 5) is 14.8. The van der Waals surface area contributed by atoms with Crippen LogP contribution in [0.3, 0.4) is 0 Å². The molecule has 1 aromatic rings. The average Bonchev–Trinajstić information content (AvgIpc) is 2.91. The Morgan fingerprint density at radius 1 is 1.26 bits per heavy atom. The molecule has 2 aliphatic rings. The maximum atomic E-state index is 12.8. The second-order valence-corrected chi connectivity index (χ2v) is 7.01. The summed E-state index contributed by atoms with van der Waals surface area (Å²) in [5.74, 6) is 0.966. The van der Waals surface area contributed by atoms with E-state index < -0.39 is 0 Å².